The van der Waals surface area contributed by atoms with Crippen molar-refractivity contribution in [2.24, 2.45) is 0 Å². The van der Waals surface area contributed by atoms with Gasteiger partial charge in [0.05, 0.1) is 22.7 Å². The van der Waals surface area contributed by atoms with Crippen LogP contribution in [0.1, 0.15) is 0 Å². The van der Waals surface area contributed by atoms with E-state index in [9.17, 15) is 0 Å². The van der Waals surface area contributed by atoms with Gasteiger partial charge in [-0.05, 0) is 58.9 Å². The van der Waals surface area contributed by atoms with Gasteiger partial charge in [-0.15, -0.1) is 5.39 Å². The fourth-order valence-electron chi connectivity index (χ4n) is 7.01. The van der Waals surface area contributed by atoms with Crippen LogP contribution < -0.4 is 0 Å². The number of aromatic nitrogens is 3. The van der Waals surface area contributed by atoms with Crippen molar-refractivity contribution in [3.8, 4) is 16.8 Å². The minimum Gasteiger partial charge on any atom is -0.456 e. The SMILES string of the molecule is [Ir].[c-]1cccc2c3ccccc3c3c(-c4ccc5c(c4)c4ccccc4n5-c4ccc5oc6ccccc6c5c4)cnn3c12. The van der Waals surface area contributed by atoms with Crippen LogP contribution in [0.5, 0.6) is 0 Å². The van der Waals surface area contributed by atoms with Gasteiger partial charge in [-0.1, -0.05) is 72.1 Å². The van der Waals surface area contributed by atoms with Gasteiger partial charge >= 0.3 is 0 Å². The van der Waals surface area contributed by atoms with Crippen LogP contribution in [0, 0.1) is 6.07 Å². The first-order chi connectivity index (χ1) is 21.3. The van der Waals surface area contributed by atoms with E-state index in [1.54, 1.807) is 0 Å². The van der Waals surface area contributed by atoms with Crippen LogP contribution in [-0.4, -0.2) is 14.2 Å². The van der Waals surface area contributed by atoms with E-state index in [2.05, 4.69) is 114 Å². The molecular weight excluding hydrogens is 719 g/mol. The molecule has 6 aromatic carbocycles. The summed E-state index contributed by atoms with van der Waals surface area (Å²) in [7, 11) is 0. The zero-order valence-corrected chi connectivity index (χ0v) is 25.7. The van der Waals surface area contributed by atoms with E-state index in [1.165, 1.54) is 27.1 Å². The Kier molecular flexibility index (Phi) is 5.40. The molecule has 4 aromatic heterocycles. The summed E-state index contributed by atoms with van der Waals surface area (Å²) in [6.45, 7) is 0. The topological polar surface area (TPSA) is 35.4 Å². The van der Waals surface area contributed by atoms with Crippen LogP contribution in [0.4, 0.5) is 0 Å². The second kappa shape index (κ2) is 9.39. The Hall–Kier alpha value is -5.22. The summed E-state index contributed by atoms with van der Waals surface area (Å²) in [5.74, 6) is 0. The molecule has 1 radical (unpaired) electrons. The predicted molar refractivity (Wildman–Crippen MR) is 176 cm³/mol. The zero-order chi connectivity index (χ0) is 28.1. The molecule has 4 heterocycles. The van der Waals surface area contributed by atoms with Crippen molar-refractivity contribution in [3.05, 3.63) is 140 Å². The molecule has 5 heteroatoms. The Balaban J connectivity index is 0.00000270. The van der Waals surface area contributed by atoms with E-state index in [0.717, 1.165) is 60.7 Å². The van der Waals surface area contributed by atoms with Crippen molar-refractivity contribution in [2.45, 2.75) is 0 Å². The summed E-state index contributed by atoms with van der Waals surface area (Å²) < 4.78 is 10.5. The fraction of sp³-hybridized carbons (Fsp3) is 0. The van der Waals surface area contributed by atoms with Crippen molar-refractivity contribution >= 4 is 70.9 Å². The van der Waals surface area contributed by atoms with E-state index in [1.807, 2.05) is 35.0 Å². The van der Waals surface area contributed by atoms with Crippen LogP contribution in [-0.2, 0) is 20.1 Å². The maximum atomic E-state index is 6.13. The second-order valence-corrected chi connectivity index (χ2v) is 11.2. The Morgan fingerprint density at radius 1 is 0.568 bits per heavy atom. The molecular formula is C39H22IrN3O-. The molecule has 0 aliphatic carbocycles. The molecule has 10 rings (SSSR count). The smallest absolute Gasteiger partial charge is 0.135 e. The van der Waals surface area contributed by atoms with E-state index < -0.39 is 0 Å². The fourth-order valence-corrected chi connectivity index (χ4v) is 7.01. The summed E-state index contributed by atoms with van der Waals surface area (Å²) >= 11 is 0. The van der Waals surface area contributed by atoms with Gasteiger partial charge in [0.15, 0.2) is 0 Å². The molecule has 10 aromatic rings. The van der Waals surface area contributed by atoms with Gasteiger partial charge in [0.1, 0.15) is 11.2 Å². The first-order valence-electron chi connectivity index (χ1n) is 14.5. The van der Waals surface area contributed by atoms with Gasteiger partial charge in [0.2, 0.25) is 0 Å². The minimum atomic E-state index is 0. The van der Waals surface area contributed by atoms with E-state index >= 15 is 0 Å². The number of pyridine rings is 1. The van der Waals surface area contributed by atoms with Gasteiger partial charge < -0.3 is 8.98 Å². The van der Waals surface area contributed by atoms with Crippen molar-refractivity contribution in [1.29, 1.82) is 0 Å². The molecule has 4 nitrogen and oxygen atoms in total. The molecule has 209 valence electrons. The Morgan fingerprint density at radius 3 is 2.20 bits per heavy atom. The van der Waals surface area contributed by atoms with Gasteiger partial charge in [-0.3, -0.25) is 4.52 Å². The average Bonchev–Trinajstić information content (AvgIpc) is 3.77. The van der Waals surface area contributed by atoms with Crippen molar-refractivity contribution in [1.82, 2.24) is 14.2 Å². The number of para-hydroxylation sites is 3. The summed E-state index contributed by atoms with van der Waals surface area (Å²) in [5.41, 5.74) is 9.61. The number of furan rings is 1. The third-order valence-electron chi connectivity index (χ3n) is 8.89. The number of hydrogen-bond donors (Lipinski definition) is 0. The second-order valence-electron chi connectivity index (χ2n) is 11.2. The van der Waals surface area contributed by atoms with Crippen LogP contribution in [0.3, 0.4) is 0 Å². The van der Waals surface area contributed by atoms with Crippen LogP contribution in [0.2, 0.25) is 0 Å². The van der Waals surface area contributed by atoms with Crippen LogP contribution in [0.25, 0.3) is 87.8 Å². The maximum Gasteiger partial charge on any atom is 0.135 e. The molecule has 0 aliphatic heterocycles. The molecule has 0 saturated heterocycles. The number of nitrogens with zero attached hydrogens (tertiary/aromatic N) is 3. The van der Waals surface area contributed by atoms with Crippen molar-refractivity contribution in [2.75, 3.05) is 0 Å². The van der Waals surface area contributed by atoms with E-state index in [4.69, 9.17) is 9.52 Å². The molecule has 44 heavy (non-hydrogen) atoms. The zero-order valence-electron chi connectivity index (χ0n) is 23.3. The van der Waals surface area contributed by atoms with E-state index in [0.29, 0.717) is 0 Å². The average molecular weight is 741 g/mol. The summed E-state index contributed by atoms with van der Waals surface area (Å²) in [6, 6.07) is 48.4. The molecule has 0 saturated carbocycles. The van der Waals surface area contributed by atoms with Gasteiger partial charge in [0, 0.05) is 52.9 Å². The number of fused-ring (bicyclic) bond motifs is 12. The third kappa shape index (κ3) is 3.39. The molecule has 0 bridgehead atoms. The third-order valence-corrected chi connectivity index (χ3v) is 8.89. The number of benzene rings is 6. The minimum absolute atomic E-state index is 0. The molecule has 0 aliphatic rings. The molecule has 0 amide bonds. The Morgan fingerprint density at radius 2 is 1.30 bits per heavy atom. The quantitative estimate of drug-likeness (QED) is 0.131. The Labute approximate surface area is 265 Å². The number of rotatable bonds is 2. The normalized spacial score (nSPS) is 11.9. The first kappa shape index (κ1) is 25.3. The van der Waals surface area contributed by atoms with Gasteiger partial charge in [0.25, 0.3) is 0 Å². The summed E-state index contributed by atoms with van der Waals surface area (Å²) in [4.78, 5) is 0. The van der Waals surface area contributed by atoms with Crippen molar-refractivity contribution < 1.29 is 24.5 Å². The van der Waals surface area contributed by atoms with Gasteiger partial charge in [-0.2, -0.15) is 29.4 Å². The first-order valence-corrected chi connectivity index (χ1v) is 14.5. The number of hydrogen-bond acceptors (Lipinski definition) is 2. The van der Waals surface area contributed by atoms with Crippen LogP contribution in [0.15, 0.2) is 138 Å². The monoisotopic (exact) mass is 741 g/mol. The van der Waals surface area contributed by atoms with E-state index in [-0.39, 0.29) is 20.1 Å². The standard InChI is InChI=1S/C39H22N3O.Ir/c1-2-13-30-26(9-1)27-10-4-7-15-36(27)42-39(30)33(23-40-42)24-17-19-35-31(21-24)28-11-3-6-14-34(28)41(35)25-18-20-38-32(22-25)29-12-5-8-16-37(29)43-38;/h1-14,16-23H;/q-1;. The molecule has 0 spiro atoms. The van der Waals surface area contributed by atoms with Crippen molar-refractivity contribution in [3.63, 3.8) is 0 Å². The maximum absolute atomic E-state index is 6.13. The molecule has 0 fully saturated rings. The molecule has 0 atom stereocenters. The van der Waals surface area contributed by atoms with Gasteiger partial charge in [-0.25, -0.2) is 0 Å². The molecule has 0 unspecified atom stereocenters. The predicted octanol–water partition coefficient (Wildman–Crippen LogP) is 10.1. The Bertz CT molecular complexity index is 2750. The molecule has 0 N–H and O–H groups in total. The summed E-state index contributed by atoms with van der Waals surface area (Å²) in [5, 5.41) is 13.1. The largest absolute Gasteiger partial charge is 0.456 e. The van der Waals surface area contributed by atoms with Crippen LogP contribution >= 0.6 is 0 Å². The summed E-state index contributed by atoms with van der Waals surface area (Å²) in [6.07, 6.45) is 2.00.